The summed E-state index contributed by atoms with van der Waals surface area (Å²) < 4.78 is 6.54. The molecular formula is C50H30N4O. The topological polar surface area (TPSA) is 75.6 Å². The molecule has 0 bridgehead atoms. The van der Waals surface area contributed by atoms with Crippen LogP contribution in [0, 0.1) is 11.3 Å². The van der Waals surface area contributed by atoms with Crippen LogP contribution in [0.15, 0.2) is 186 Å². The number of aromatic nitrogens is 3. The van der Waals surface area contributed by atoms with Crippen LogP contribution in [0.4, 0.5) is 0 Å². The highest BCUT2D eigenvalue weighted by Gasteiger charge is 2.19. The zero-order valence-electron chi connectivity index (χ0n) is 29.5. The molecule has 256 valence electrons. The number of nitrogens with zero attached hydrogens (tertiary/aromatic N) is 4. The third-order valence-corrected chi connectivity index (χ3v) is 10.2. The first-order valence-electron chi connectivity index (χ1n) is 18.2. The van der Waals surface area contributed by atoms with Crippen molar-refractivity contribution >= 4 is 32.7 Å². The summed E-state index contributed by atoms with van der Waals surface area (Å²) in [6.07, 6.45) is 0. The van der Waals surface area contributed by atoms with Crippen molar-refractivity contribution in [1.29, 1.82) is 5.26 Å². The van der Waals surface area contributed by atoms with E-state index in [9.17, 15) is 5.26 Å². The summed E-state index contributed by atoms with van der Waals surface area (Å²) in [5.41, 5.74) is 11.3. The molecule has 0 N–H and O–H groups in total. The molecule has 0 saturated heterocycles. The van der Waals surface area contributed by atoms with Gasteiger partial charge < -0.3 is 4.42 Å². The van der Waals surface area contributed by atoms with Crippen LogP contribution in [0.5, 0.6) is 0 Å². The van der Waals surface area contributed by atoms with Gasteiger partial charge in [-0.3, -0.25) is 0 Å². The predicted molar refractivity (Wildman–Crippen MR) is 222 cm³/mol. The van der Waals surface area contributed by atoms with E-state index in [0.29, 0.717) is 23.0 Å². The summed E-state index contributed by atoms with van der Waals surface area (Å²) in [5, 5.41) is 14.0. The third-order valence-electron chi connectivity index (χ3n) is 10.2. The lowest BCUT2D eigenvalue weighted by atomic mass is 9.92. The lowest BCUT2D eigenvalue weighted by Gasteiger charge is -2.13. The molecule has 0 atom stereocenters. The molecule has 55 heavy (non-hydrogen) atoms. The molecule has 0 unspecified atom stereocenters. The molecule has 10 rings (SSSR count). The van der Waals surface area contributed by atoms with Crippen LogP contribution in [0.2, 0.25) is 0 Å². The highest BCUT2D eigenvalue weighted by atomic mass is 16.3. The van der Waals surface area contributed by atoms with Gasteiger partial charge in [0.1, 0.15) is 11.2 Å². The number of furan rings is 1. The van der Waals surface area contributed by atoms with Crippen LogP contribution in [-0.4, -0.2) is 15.0 Å². The zero-order valence-corrected chi connectivity index (χ0v) is 29.5. The van der Waals surface area contributed by atoms with Crippen molar-refractivity contribution in [1.82, 2.24) is 15.0 Å². The maximum Gasteiger partial charge on any atom is 0.164 e. The average Bonchev–Trinajstić information content (AvgIpc) is 3.65. The second kappa shape index (κ2) is 13.4. The van der Waals surface area contributed by atoms with Gasteiger partial charge in [-0.25, -0.2) is 15.0 Å². The van der Waals surface area contributed by atoms with E-state index in [0.717, 1.165) is 71.7 Å². The molecule has 0 spiro atoms. The van der Waals surface area contributed by atoms with Crippen molar-refractivity contribution in [3.05, 3.63) is 188 Å². The summed E-state index contributed by atoms with van der Waals surface area (Å²) in [6, 6.07) is 64.0. The van der Waals surface area contributed by atoms with Crippen LogP contribution in [-0.2, 0) is 0 Å². The molecule has 0 aliphatic carbocycles. The molecule has 0 aliphatic heterocycles. The van der Waals surface area contributed by atoms with E-state index in [1.165, 1.54) is 11.1 Å². The largest absolute Gasteiger partial charge is 0.456 e. The maximum absolute atomic E-state index is 9.90. The fourth-order valence-corrected chi connectivity index (χ4v) is 7.56. The molecular weight excluding hydrogens is 673 g/mol. The van der Waals surface area contributed by atoms with Gasteiger partial charge in [0, 0.05) is 33.0 Å². The number of rotatable bonds is 6. The van der Waals surface area contributed by atoms with Crippen LogP contribution in [0.1, 0.15) is 5.56 Å². The summed E-state index contributed by atoms with van der Waals surface area (Å²) in [7, 11) is 0. The molecule has 5 heteroatoms. The van der Waals surface area contributed by atoms with Gasteiger partial charge in [0.25, 0.3) is 0 Å². The fourth-order valence-electron chi connectivity index (χ4n) is 7.56. The minimum Gasteiger partial charge on any atom is -0.456 e. The molecule has 0 radical (unpaired) electrons. The van der Waals surface area contributed by atoms with Crippen LogP contribution >= 0.6 is 0 Å². The summed E-state index contributed by atoms with van der Waals surface area (Å²) >= 11 is 0. The van der Waals surface area contributed by atoms with E-state index in [1.807, 2.05) is 91.0 Å². The lowest BCUT2D eigenvalue weighted by Crippen LogP contribution is -2.01. The SMILES string of the molecule is N#Cc1ccccc1-c1ccc(-c2nc(-c3ccccc3)nc(-c3ccc4c(c3)oc3cccc(-c5ccc(-c6ccccc6)cc5)c34)n2)c2ccccc12. The third kappa shape index (κ3) is 5.70. The number of nitriles is 1. The number of benzene rings is 8. The second-order valence-electron chi connectivity index (χ2n) is 13.5. The van der Waals surface area contributed by atoms with Gasteiger partial charge in [-0.2, -0.15) is 5.26 Å². The lowest BCUT2D eigenvalue weighted by molar-refractivity contribution is 0.669. The molecule has 8 aromatic carbocycles. The Hall–Kier alpha value is -7.68. The predicted octanol–water partition coefficient (Wildman–Crippen LogP) is 12.8. The average molecular weight is 703 g/mol. The van der Waals surface area contributed by atoms with Gasteiger partial charge in [-0.05, 0) is 68.9 Å². The Labute approximate surface area is 317 Å². The minimum atomic E-state index is 0.547. The first-order chi connectivity index (χ1) is 27.2. The van der Waals surface area contributed by atoms with E-state index < -0.39 is 0 Å². The second-order valence-corrected chi connectivity index (χ2v) is 13.5. The van der Waals surface area contributed by atoms with Gasteiger partial charge in [-0.1, -0.05) is 152 Å². The summed E-state index contributed by atoms with van der Waals surface area (Å²) in [6.45, 7) is 0. The van der Waals surface area contributed by atoms with Crippen molar-refractivity contribution in [2.45, 2.75) is 0 Å². The summed E-state index contributed by atoms with van der Waals surface area (Å²) in [4.78, 5) is 15.2. The monoisotopic (exact) mass is 702 g/mol. The van der Waals surface area contributed by atoms with Gasteiger partial charge in [0.15, 0.2) is 17.5 Å². The molecule has 10 aromatic rings. The van der Waals surface area contributed by atoms with Crippen LogP contribution in [0.25, 0.3) is 100 Å². The van der Waals surface area contributed by atoms with E-state index in [1.54, 1.807) is 0 Å². The van der Waals surface area contributed by atoms with Crippen molar-refractivity contribution < 1.29 is 4.42 Å². The Kier molecular flexibility index (Phi) is 7.79. The molecule has 0 fully saturated rings. The Balaban J connectivity index is 1.11. The Bertz CT molecular complexity index is 3090. The van der Waals surface area contributed by atoms with E-state index >= 15 is 0 Å². The molecule has 0 amide bonds. The molecule has 2 heterocycles. The van der Waals surface area contributed by atoms with Crippen molar-refractivity contribution in [2.75, 3.05) is 0 Å². The van der Waals surface area contributed by atoms with Gasteiger partial charge in [0.05, 0.1) is 11.6 Å². The Morgan fingerprint density at radius 3 is 1.69 bits per heavy atom. The highest BCUT2D eigenvalue weighted by Crippen LogP contribution is 2.40. The van der Waals surface area contributed by atoms with E-state index in [-0.39, 0.29) is 0 Å². The molecule has 5 nitrogen and oxygen atoms in total. The first-order valence-corrected chi connectivity index (χ1v) is 18.2. The zero-order chi connectivity index (χ0) is 36.7. The van der Waals surface area contributed by atoms with Crippen molar-refractivity contribution in [3.63, 3.8) is 0 Å². The maximum atomic E-state index is 9.90. The molecule has 0 aliphatic rings. The van der Waals surface area contributed by atoms with Gasteiger partial charge >= 0.3 is 0 Å². The summed E-state index contributed by atoms with van der Waals surface area (Å²) in [5.74, 6) is 1.69. The fraction of sp³-hybridized carbons (Fsp3) is 0. The smallest absolute Gasteiger partial charge is 0.164 e. The quantitative estimate of drug-likeness (QED) is 0.172. The standard InChI is InChI=1S/C50H30N4O/c51-31-37-16-7-8-17-38(37)42-28-29-43(41-19-10-9-18-40(41)42)50-53-48(35-14-5-2-6-15-35)52-49(54-50)36-26-27-44-46(30-36)55-45-21-11-20-39(47(44)45)34-24-22-33(23-25-34)32-12-3-1-4-13-32/h1-30H. The normalized spacial score (nSPS) is 11.3. The van der Waals surface area contributed by atoms with E-state index in [4.69, 9.17) is 19.4 Å². The van der Waals surface area contributed by atoms with Crippen LogP contribution < -0.4 is 0 Å². The van der Waals surface area contributed by atoms with Crippen LogP contribution in [0.3, 0.4) is 0 Å². The Morgan fingerprint density at radius 1 is 0.364 bits per heavy atom. The Morgan fingerprint density at radius 2 is 0.927 bits per heavy atom. The van der Waals surface area contributed by atoms with Gasteiger partial charge in [-0.15, -0.1) is 0 Å². The first kappa shape index (κ1) is 32.0. The number of hydrogen-bond donors (Lipinski definition) is 0. The van der Waals surface area contributed by atoms with Crippen molar-refractivity contribution in [3.8, 4) is 73.6 Å². The van der Waals surface area contributed by atoms with Crippen molar-refractivity contribution in [2.24, 2.45) is 0 Å². The van der Waals surface area contributed by atoms with Gasteiger partial charge in [0.2, 0.25) is 0 Å². The highest BCUT2D eigenvalue weighted by molar-refractivity contribution is 6.13. The number of hydrogen-bond acceptors (Lipinski definition) is 5. The van der Waals surface area contributed by atoms with E-state index in [2.05, 4.69) is 97.1 Å². The number of fused-ring (bicyclic) bond motifs is 4. The molecule has 2 aromatic heterocycles. The minimum absolute atomic E-state index is 0.547. The molecule has 0 saturated carbocycles.